The van der Waals surface area contributed by atoms with Crippen molar-refractivity contribution in [3.8, 4) is 17.1 Å². The maximum atomic E-state index is 4.51. The van der Waals surface area contributed by atoms with Gasteiger partial charge in [-0.2, -0.15) is 0 Å². The molecule has 6 aromatic carbocycles. The highest BCUT2D eigenvalue weighted by molar-refractivity contribution is 6.26. The molecule has 0 aliphatic carbocycles. The lowest BCUT2D eigenvalue weighted by Crippen LogP contribution is -1.96. The van der Waals surface area contributed by atoms with Gasteiger partial charge >= 0.3 is 0 Å². The number of pyridine rings is 1. The van der Waals surface area contributed by atoms with Crippen LogP contribution < -0.4 is 0 Å². The third-order valence-corrected chi connectivity index (χ3v) is 9.31. The fraction of sp³-hybridized carbons (Fsp3) is 0. The van der Waals surface area contributed by atoms with E-state index in [2.05, 4.69) is 164 Å². The highest BCUT2D eigenvalue weighted by Crippen LogP contribution is 2.42. The Bertz CT molecular complexity index is 2750. The van der Waals surface area contributed by atoms with E-state index in [4.69, 9.17) is 0 Å². The summed E-state index contributed by atoms with van der Waals surface area (Å²) < 4.78 is 7.19. The summed E-state index contributed by atoms with van der Waals surface area (Å²) >= 11 is 0. The van der Waals surface area contributed by atoms with E-state index in [-0.39, 0.29) is 0 Å². The summed E-state index contributed by atoms with van der Waals surface area (Å²) in [4.78, 5) is 4.51. The molecule has 0 N–H and O–H groups in total. The van der Waals surface area contributed by atoms with Crippen LogP contribution in [0.1, 0.15) is 0 Å². The van der Waals surface area contributed by atoms with Gasteiger partial charge in [-0.3, -0.25) is 4.98 Å². The van der Waals surface area contributed by atoms with Gasteiger partial charge in [-0.05, 0) is 66.7 Å². The number of rotatable bonds is 3. The van der Waals surface area contributed by atoms with Crippen molar-refractivity contribution in [2.45, 2.75) is 0 Å². The van der Waals surface area contributed by atoms with Gasteiger partial charge in [-0.15, -0.1) is 0 Å². The van der Waals surface area contributed by atoms with Gasteiger partial charge in [0.05, 0.1) is 39.3 Å². The van der Waals surface area contributed by atoms with E-state index >= 15 is 0 Å². The largest absolute Gasteiger partial charge is 0.309 e. The summed E-state index contributed by atoms with van der Waals surface area (Å²) in [5.41, 5.74) is 10.5. The second-order valence-electron chi connectivity index (χ2n) is 11.7. The van der Waals surface area contributed by atoms with Crippen LogP contribution in [0.25, 0.3) is 82.5 Å². The monoisotopic (exact) mass is 574 g/mol. The molecule has 4 aromatic heterocycles. The van der Waals surface area contributed by atoms with Crippen molar-refractivity contribution in [3.63, 3.8) is 0 Å². The predicted octanol–water partition coefficient (Wildman–Crippen LogP) is 10.4. The molecule has 45 heavy (non-hydrogen) atoms. The quantitative estimate of drug-likeness (QED) is 0.206. The summed E-state index contributed by atoms with van der Waals surface area (Å²) in [7, 11) is 0. The Kier molecular flexibility index (Phi) is 4.96. The first-order valence-electron chi connectivity index (χ1n) is 15.3. The zero-order valence-corrected chi connectivity index (χ0v) is 24.3. The van der Waals surface area contributed by atoms with Crippen LogP contribution in [-0.2, 0) is 0 Å². The lowest BCUT2D eigenvalue weighted by Gasteiger charge is -2.11. The topological polar surface area (TPSA) is 27.7 Å². The molecule has 4 nitrogen and oxygen atoms in total. The molecule has 0 amide bonds. The Morgan fingerprint density at radius 2 is 0.933 bits per heavy atom. The maximum Gasteiger partial charge on any atom is 0.0724 e. The molecule has 10 rings (SSSR count). The molecular weight excluding hydrogens is 548 g/mol. The summed E-state index contributed by atoms with van der Waals surface area (Å²) in [5, 5.41) is 7.42. The molecule has 0 saturated carbocycles. The molecule has 0 saturated heterocycles. The lowest BCUT2D eigenvalue weighted by molar-refractivity contribution is 1.16. The fourth-order valence-electron chi connectivity index (χ4n) is 7.48. The lowest BCUT2D eigenvalue weighted by atomic mass is 10.1. The maximum absolute atomic E-state index is 4.51. The molecule has 0 fully saturated rings. The molecular formula is C41H26N4. The van der Waals surface area contributed by atoms with Gasteiger partial charge in [0.25, 0.3) is 0 Å². The predicted molar refractivity (Wildman–Crippen MR) is 187 cm³/mol. The second-order valence-corrected chi connectivity index (χ2v) is 11.7. The van der Waals surface area contributed by atoms with Gasteiger partial charge in [0, 0.05) is 55.6 Å². The zero-order valence-electron chi connectivity index (χ0n) is 24.3. The Hall–Kier alpha value is -6.13. The van der Waals surface area contributed by atoms with Gasteiger partial charge in [0.1, 0.15) is 0 Å². The van der Waals surface area contributed by atoms with Crippen molar-refractivity contribution in [3.05, 3.63) is 158 Å². The standard InChI is InChI=1S/C41H26N4/c1-3-11-27(12-4-1)43-36-18-10-8-16-33(36)40-38(43)22-20-32-30-15-7-9-17-35(30)45(41(32)40)29-19-21-37-34(25-29)31-23-24-42-26-39(31)44(37)28-13-5-2-6-14-28/h1-26H. The second kappa shape index (κ2) is 9.18. The van der Waals surface area contributed by atoms with Gasteiger partial charge in [0.15, 0.2) is 0 Å². The van der Waals surface area contributed by atoms with E-state index in [9.17, 15) is 0 Å². The summed E-state index contributed by atoms with van der Waals surface area (Å²) in [6.07, 6.45) is 3.87. The van der Waals surface area contributed by atoms with Crippen LogP contribution >= 0.6 is 0 Å². The Morgan fingerprint density at radius 3 is 1.69 bits per heavy atom. The normalized spacial score (nSPS) is 12.0. The molecule has 4 heteroatoms. The molecule has 0 unspecified atom stereocenters. The average Bonchev–Trinajstić information content (AvgIpc) is 3.74. The van der Waals surface area contributed by atoms with E-state index in [1.54, 1.807) is 0 Å². The summed E-state index contributed by atoms with van der Waals surface area (Å²) in [5.74, 6) is 0. The van der Waals surface area contributed by atoms with Crippen molar-refractivity contribution in [2.75, 3.05) is 0 Å². The number of aromatic nitrogens is 4. The van der Waals surface area contributed by atoms with E-state index in [1.807, 2.05) is 12.4 Å². The van der Waals surface area contributed by atoms with Crippen LogP contribution in [0.15, 0.2) is 158 Å². The minimum Gasteiger partial charge on any atom is -0.309 e. The first-order chi connectivity index (χ1) is 22.4. The minimum atomic E-state index is 1.10. The third-order valence-electron chi connectivity index (χ3n) is 9.31. The van der Waals surface area contributed by atoms with E-state index in [1.165, 1.54) is 59.9 Å². The van der Waals surface area contributed by atoms with Crippen molar-refractivity contribution < 1.29 is 0 Å². The number of hydrogen-bond acceptors (Lipinski definition) is 1. The molecule has 0 aliphatic rings. The number of nitrogens with zero attached hydrogens (tertiary/aromatic N) is 4. The van der Waals surface area contributed by atoms with Crippen molar-refractivity contribution in [2.24, 2.45) is 0 Å². The van der Waals surface area contributed by atoms with Crippen LogP contribution in [0.5, 0.6) is 0 Å². The van der Waals surface area contributed by atoms with Gasteiger partial charge in [-0.25, -0.2) is 0 Å². The Balaban J connectivity index is 1.36. The molecule has 0 atom stereocenters. The Labute approximate surface area is 258 Å². The van der Waals surface area contributed by atoms with E-state index in [0.29, 0.717) is 0 Å². The van der Waals surface area contributed by atoms with Crippen LogP contribution in [-0.4, -0.2) is 18.7 Å². The highest BCUT2D eigenvalue weighted by Gasteiger charge is 2.21. The van der Waals surface area contributed by atoms with Crippen LogP contribution in [0, 0.1) is 0 Å². The highest BCUT2D eigenvalue weighted by atomic mass is 15.0. The first kappa shape index (κ1) is 24.3. The van der Waals surface area contributed by atoms with Crippen molar-refractivity contribution >= 4 is 65.4 Å². The fourth-order valence-corrected chi connectivity index (χ4v) is 7.48. The van der Waals surface area contributed by atoms with Crippen LogP contribution in [0.4, 0.5) is 0 Å². The molecule has 210 valence electrons. The average molecular weight is 575 g/mol. The molecule has 10 aromatic rings. The minimum absolute atomic E-state index is 1.10. The third kappa shape index (κ3) is 3.34. The molecule has 0 spiro atoms. The number of fused-ring (bicyclic) bond motifs is 10. The van der Waals surface area contributed by atoms with Crippen LogP contribution in [0.2, 0.25) is 0 Å². The molecule has 0 aliphatic heterocycles. The summed E-state index contributed by atoms with van der Waals surface area (Å²) in [6.45, 7) is 0. The SMILES string of the molecule is c1ccc(-n2c3ccc(-n4c5ccccc5c5ccc6c(c7ccccc7n6-c6ccccc6)c54)cc3c3ccncc32)cc1. The van der Waals surface area contributed by atoms with Gasteiger partial charge in [-0.1, -0.05) is 78.9 Å². The van der Waals surface area contributed by atoms with Crippen molar-refractivity contribution in [1.29, 1.82) is 0 Å². The number of benzene rings is 6. The van der Waals surface area contributed by atoms with Gasteiger partial charge < -0.3 is 13.7 Å². The first-order valence-corrected chi connectivity index (χ1v) is 15.3. The zero-order chi connectivity index (χ0) is 29.5. The summed E-state index contributed by atoms with van der Waals surface area (Å²) in [6, 6.07) is 52.5. The number of hydrogen-bond donors (Lipinski definition) is 0. The van der Waals surface area contributed by atoms with Gasteiger partial charge in [0.2, 0.25) is 0 Å². The van der Waals surface area contributed by atoms with Crippen LogP contribution in [0.3, 0.4) is 0 Å². The van der Waals surface area contributed by atoms with E-state index in [0.717, 1.165) is 22.6 Å². The molecule has 4 heterocycles. The van der Waals surface area contributed by atoms with E-state index < -0.39 is 0 Å². The molecule has 0 radical (unpaired) electrons. The molecule has 0 bridgehead atoms. The van der Waals surface area contributed by atoms with Crippen molar-refractivity contribution in [1.82, 2.24) is 18.7 Å². The Morgan fingerprint density at radius 1 is 0.356 bits per heavy atom. The smallest absolute Gasteiger partial charge is 0.0724 e. The number of para-hydroxylation sites is 4.